The van der Waals surface area contributed by atoms with Gasteiger partial charge in [0.05, 0.1) is 11.0 Å². The number of nitrogens with one attached hydrogen (secondary N) is 2. The molecule has 0 fully saturated rings. The number of carboxylic acids is 1. The van der Waals surface area contributed by atoms with Gasteiger partial charge < -0.3 is 15.7 Å². The summed E-state index contributed by atoms with van der Waals surface area (Å²) in [5.74, 6) is -1.01. The molecule has 0 unspecified atom stereocenters. The smallest absolute Gasteiger partial charge is 0.319 e. The third-order valence-corrected chi connectivity index (χ3v) is 5.86. The van der Waals surface area contributed by atoms with Crippen LogP contribution in [0.5, 0.6) is 0 Å². The van der Waals surface area contributed by atoms with Crippen LogP contribution in [0.1, 0.15) is 46.1 Å². The summed E-state index contributed by atoms with van der Waals surface area (Å²) in [4.78, 5) is 22.7. The van der Waals surface area contributed by atoms with Crippen molar-refractivity contribution < 1.29 is 23.1 Å². The Morgan fingerprint density at radius 2 is 1.88 bits per heavy atom. The van der Waals surface area contributed by atoms with E-state index in [4.69, 9.17) is 5.11 Å². The Hall–Kier alpha value is -2.09. The zero-order valence-electron chi connectivity index (χ0n) is 15.0. The molecule has 1 aromatic rings. The molecule has 1 rings (SSSR count). The summed E-state index contributed by atoms with van der Waals surface area (Å²) >= 11 is 0. The average Bonchev–Trinajstić information content (AvgIpc) is 2.44. The van der Waals surface area contributed by atoms with Crippen molar-refractivity contribution in [2.75, 3.05) is 5.32 Å². The fraction of sp³-hybridized carbons (Fsp3) is 0.529. The van der Waals surface area contributed by atoms with Gasteiger partial charge in [-0.05, 0) is 51.8 Å². The first-order valence-electron chi connectivity index (χ1n) is 8.03. The standard InChI is InChI=1S/C17H26N2O5S/c1-12(2)25(23,24)11-13-6-5-7-14(10-13)18-16(22)19-17(3,4)9-8-15(20)21/h5-7,10,12H,8-9,11H2,1-4H3,(H,20,21)(H2,18,19,22). The Morgan fingerprint density at radius 3 is 2.44 bits per heavy atom. The van der Waals surface area contributed by atoms with Crippen LogP contribution in [-0.4, -0.2) is 36.3 Å². The molecule has 25 heavy (non-hydrogen) atoms. The number of sulfone groups is 1. The fourth-order valence-electron chi connectivity index (χ4n) is 2.09. The molecule has 1 aromatic carbocycles. The van der Waals surface area contributed by atoms with E-state index in [1.807, 2.05) is 0 Å². The molecular weight excluding hydrogens is 344 g/mol. The van der Waals surface area contributed by atoms with Crippen molar-refractivity contribution >= 4 is 27.5 Å². The van der Waals surface area contributed by atoms with Gasteiger partial charge in [0.15, 0.2) is 9.84 Å². The molecule has 0 bridgehead atoms. The molecule has 0 aliphatic heterocycles. The number of aliphatic carboxylic acids is 1. The van der Waals surface area contributed by atoms with Crippen LogP contribution in [0.15, 0.2) is 24.3 Å². The lowest BCUT2D eigenvalue weighted by Crippen LogP contribution is -2.45. The van der Waals surface area contributed by atoms with Crippen LogP contribution in [0.4, 0.5) is 10.5 Å². The van der Waals surface area contributed by atoms with Crippen molar-refractivity contribution in [3.05, 3.63) is 29.8 Å². The second-order valence-corrected chi connectivity index (χ2v) is 9.47. The predicted octanol–water partition coefficient (Wildman–Crippen LogP) is 2.77. The molecule has 7 nitrogen and oxygen atoms in total. The van der Waals surface area contributed by atoms with Gasteiger partial charge in [-0.15, -0.1) is 0 Å². The molecule has 140 valence electrons. The summed E-state index contributed by atoms with van der Waals surface area (Å²) in [6.07, 6.45) is 0.248. The quantitative estimate of drug-likeness (QED) is 0.651. The third-order valence-electron chi connectivity index (χ3n) is 3.69. The van der Waals surface area contributed by atoms with Crippen LogP contribution in [0.3, 0.4) is 0 Å². The van der Waals surface area contributed by atoms with Crippen LogP contribution in [0, 0.1) is 0 Å². The Kier molecular flexibility index (Phi) is 6.98. The van der Waals surface area contributed by atoms with E-state index in [0.717, 1.165) is 0 Å². The molecule has 0 aromatic heterocycles. The molecule has 0 atom stereocenters. The van der Waals surface area contributed by atoms with Gasteiger partial charge in [-0.3, -0.25) is 4.79 Å². The number of amides is 2. The lowest BCUT2D eigenvalue weighted by Gasteiger charge is -2.25. The number of anilines is 1. The maximum atomic E-state index is 12.1. The topological polar surface area (TPSA) is 113 Å². The summed E-state index contributed by atoms with van der Waals surface area (Å²) in [7, 11) is -3.22. The Balaban J connectivity index is 2.72. The van der Waals surface area contributed by atoms with Crippen LogP contribution in [0.25, 0.3) is 0 Å². The van der Waals surface area contributed by atoms with E-state index in [1.54, 1.807) is 52.0 Å². The average molecular weight is 370 g/mol. The lowest BCUT2D eigenvalue weighted by molar-refractivity contribution is -0.137. The number of hydrogen-bond donors (Lipinski definition) is 3. The molecule has 0 saturated carbocycles. The first-order chi connectivity index (χ1) is 11.4. The molecular formula is C17H26N2O5S. The molecule has 0 saturated heterocycles. The molecule has 0 radical (unpaired) electrons. The maximum Gasteiger partial charge on any atom is 0.319 e. The van der Waals surface area contributed by atoms with Crippen molar-refractivity contribution in [1.82, 2.24) is 5.32 Å². The third kappa shape index (κ3) is 7.55. The Labute approximate surface area is 148 Å². The summed E-state index contributed by atoms with van der Waals surface area (Å²) in [6, 6.07) is 6.18. The Bertz CT molecular complexity index is 726. The highest BCUT2D eigenvalue weighted by atomic mass is 32.2. The van der Waals surface area contributed by atoms with Gasteiger partial charge in [0.2, 0.25) is 0 Å². The highest BCUT2D eigenvalue weighted by Crippen LogP contribution is 2.17. The monoisotopic (exact) mass is 370 g/mol. The van der Waals surface area contributed by atoms with Crippen molar-refractivity contribution in [3.8, 4) is 0 Å². The minimum Gasteiger partial charge on any atom is -0.481 e. The summed E-state index contributed by atoms with van der Waals surface area (Å²) in [6.45, 7) is 6.73. The van der Waals surface area contributed by atoms with Gasteiger partial charge in [0.1, 0.15) is 0 Å². The first-order valence-corrected chi connectivity index (χ1v) is 9.74. The minimum atomic E-state index is -3.22. The minimum absolute atomic E-state index is 0.0458. The molecule has 8 heteroatoms. The van der Waals surface area contributed by atoms with E-state index in [0.29, 0.717) is 17.7 Å². The summed E-state index contributed by atoms with van der Waals surface area (Å²) in [5.41, 5.74) is 0.390. The van der Waals surface area contributed by atoms with E-state index in [9.17, 15) is 18.0 Å². The van der Waals surface area contributed by atoms with Crippen LogP contribution >= 0.6 is 0 Å². The fourth-order valence-corrected chi connectivity index (χ4v) is 3.07. The van der Waals surface area contributed by atoms with Gasteiger partial charge in [-0.2, -0.15) is 0 Å². The van der Waals surface area contributed by atoms with Crippen LogP contribution in [-0.2, 0) is 20.4 Å². The number of carboxylic acid groups (broad SMARTS) is 1. The maximum absolute atomic E-state index is 12.1. The number of rotatable bonds is 8. The molecule has 0 spiro atoms. The van der Waals surface area contributed by atoms with Gasteiger partial charge in [-0.1, -0.05) is 12.1 Å². The molecule has 0 aliphatic rings. The SMILES string of the molecule is CC(C)S(=O)(=O)Cc1cccc(NC(=O)NC(C)(C)CCC(=O)O)c1. The highest BCUT2D eigenvalue weighted by molar-refractivity contribution is 7.91. The molecule has 0 heterocycles. The summed E-state index contributed by atoms with van der Waals surface area (Å²) < 4.78 is 24.0. The van der Waals surface area contributed by atoms with Crippen molar-refractivity contribution in [3.63, 3.8) is 0 Å². The highest BCUT2D eigenvalue weighted by Gasteiger charge is 2.22. The van der Waals surface area contributed by atoms with Crippen molar-refractivity contribution in [1.29, 1.82) is 0 Å². The number of urea groups is 1. The van der Waals surface area contributed by atoms with Crippen LogP contribution in [0.2, 0.25) is 0 Å². The largest absolute Gasteiger partial charge is 0.481 e. The van der Waals surface area contributed by atoms with E-state index in [2.05, 4.69) is 10.6 Å². The van der Waals surface area contributed by atoms with Crippen molar-refractivity contribution in [2.24, 2.45) is 0 Å². The van der Waals surface area contributed by atoms with Gasteiger partial charge >= 0.3 is 12.0 Å². The molecule has 3 N–H and O–H groups in total. The molecule has 2 amide bonds. The van der Waals surface area contributed by atoms with E-state index in [-0.39, 0.29) is 12.2 Å². The Morgan fingerprint density at radius 1 is 1.24 bits per heavy atom. The molecule has 0 aliphatic carbocycles. The van der Waals surface area contributed by atoms with Gasteiger partial charge in [0, 0.05) is 17.6 Å². The zero-order chi connectivity index (χ0) is 19.3. The lowest BCUT2D eigenvalue weighted by atomic mass is 9.99. The second kappa shape index (κ2) is 8.33. The van der Waals surface area contributed by atoms with E-state index >= 15 is 0 Å². The van der Waals surface area contributed by atoms with Gasteiger partial charge in [-0.25, -0.2) is 13.2 Å². The number of carbonyl (C=O) groups is 2. The van der Waals surface area contributed by atoms with Crippen LogP contribution < -0.4 is 10.6 Å². The number of benzene rings is 1. The normalized spacial score (nSPS) is 12.0. The van der Waals surface area contributed by atoms with Gasteiger partial charge in [0.25, 0.3) is 0 Å². The number of hydrogen-bond acceptors (Lipinski definition) is 4. The first kappa shape index (κ1) is 21.0. The zero-order valence-corrected chi connectivity index (χ0v) is 15.8. The summed E-state index contributed by atoms with van der Waals surface area (Å²) in [5, 5.41) is 13.6. The van der Waals surface area contributed by atoms with E-state index in [1.165, 1.54) is 0 Å². The second-order valence-electron chi connectivity index (χ2n) is 6.91. The van der Waals surface area contributed by atoms with Crippen molar-refractivity contribution in [2.45, 2.75) is 57.1 Å². The predicted molar refractivity (Wildman–Crippen MR) is 97.3 cm³/mol. The van der Waals surface area contributed by atoms with E-state index < -0.39 is 32.6 Å². The number of carbonyl (C=O) groups excluding carboxylic acids is 1.